The van der Waals surface area contributed by atoms with Crippen LogP contribution in [-0.2, 0) is 20.1 Å². The summed E-state index contributed by atoms with van der Waals surface area (Å²) in [6.45, 7) is 0.886. The summed E-state index contributed by atoms with van der Waals surface area (Å²) in [7, 11) is 1.80. The second kappa shape index (κ2) is 5.25. The molecule has 0 radical (unpaired) electrons. The van der Waals surface area contributed by atoms with E-state index in [0.717, 1.165) is 0 Å². The topological polar surface area (TPSA) is 42.7 Å². The maximum atomic E-state index is 13.4. The second-order valence-corrected chi connectivity index (χ2v) is 4.11. The van der Waals surface area contributed by atoms with E-state index in [4.69, 9.17) is 11.6 Å². The Morgan fingerprint density at radius 1 is 1.41 bits per heavy atom. The van der Waals surface area contributed by atoms with Gasteiger partial charge in [-0.3, -0.25) is 4.68 Å². The summed E-state index contributed by atoms with van der Waals surface area (Å²) in [5, 5.41) is 7.69. The Kier molecular flexibility index (Phi) is 3.71. The van der Waals surface area contributed by atoms with Crippen LogP contribution in [0.15, 0.2) is 24.5 Å². The number of aryl methyl sites for hydroxylation is 1. The average Bonchev–Trinajstić information content (AvgIpc) is 2.69. The van der Waals surface area contributed by atoms with Gasteiger partial charge >= 0.3 is 0 Å². The van der Waals surface area contributed by atoms with Gasteiger partial charge in [0.15, 0.2) is 5.82 Å². The van der Waals surface area contributed by atoms with Crippen LogP contribution in [0.2, 0.25) is 5.02 Å². The van der Waals surface area contributed by atoms with E-state index in [-0.39, 0.29) is 5.82 Å². The van der Waals surface area contributed by atoms with Crippen molar-refractivity contribution in [2.45, 2.75) is 13.1 Å². The van der Waals surface area contributed by atoms with Gasteiger partial charge in [-0.1, -0.05) is 11.6 Å². The minimum Gasteiger partial charge on any atom is -0.306 e. The Balaban J connectivity index is 1.91. The quantitative estimate of drug-likeness (QED) is 0.906. The van der Waals surface area contributed by atoms with Crippen LogP contribution in [0.4, 0.5) is 4.39 Å². The minimum absolute atomic E-state index is 0.268. The molecule has 0 atom stereocenters. The van der Waals surface area contributed by atoms with E-state index in [0.29, 0.717) is 29.5 Å². The molecule has 6 heteroatoms. The molecule has 0 saturated heterocycles. The molecule has 0 aliphatic heterocycles. The van der Waals surface area contributed by atoms with Crippen LogP contribution in [0.5, 0.6) is 0 Å². The fourth-order valence-corrected chi connectivity index (χ4v) is 1.65. The van der Waals surface area contributed by atoms with Crippen molar-refractivity contribution >= 4 is 11.6 Å². The maximum absolute atomic E-state index is 13.4. The molecule has 4 nitrogen and oxygen atoms in total. The van der Waals surface area contributed by atoms with Gasteiger partial charge < -0.3 is 5.32 Å². The largest absolute Gasteiger partial charge is 0.306 e. The third-order valence-electron chi connectivity index (χ3n) is 2.25. The summed E-state index contributed by atoms with van der Waals surface area (Å²) in [5.74, 6) is 0.408. The molecule has 1 aromatic heterocycles. The highest BCUT2D eigenvalue weighted by molar-refractivity contribution is 6.30. The molecule has 0 saturated carbocycles. The van der Waals surface area contributed by atoms with E-state index in [1.54, 1.807) is 24.1 Å². The Hall–Kier alpha value is -1.46. The lowest BCUT2D eigenvalue weighted by Gasteiger charge is -2.04. The maximum Gasteiger partial charge on any atom is 0.164 e. The van der Waals surface area contributed by atoms with E-state index in [1.807, 2.05) is 0 Å². The number of rotatable bonds is 4. The lowest BCUT2D eigenvalue weighted by Crippen LogP contribution is -2.15. The van der Waals surface area contributed by atoms with Gasteiger partial charge in [-0.05, 0) is 18.2 Å². The molecule has 1 N–H and O–H groups in total. The molecule has 90 valence electrons. The number of nitrogens with one attached hydrogen (secondary N) is 1. The third-order valence-corrected chi connectivity index (χ3v) is 2.49. The van der Waals surface area contributed by atoms with Crippen LogP contribution in [-0.4, -0.2) is 14.8 Å². The summed E-state index contributed by atoms with van der Waals surface area (Å²) < 4.78 is 15.0. The first-order valence-corrected chi connectivity index (χ1v) is 5.52. The zero-order chi connectivity index (χ0) is 12.3. The molecule has 1 aromatic carbocycles. The standard InChI is InChI=1S/C11H12ClFN4/c1-17-7-15-11(16-17)6-14-5-8-4-9(12)2-3-10(8)13/h2-4,7,14H,5-6H2,1H3. The van der Waals surface area contributed by atoms with Gasteiger partial charge in [-0.25, -0.2) is 9.37 Å². The van der Waals surface area contributed by atoms with E-state index < -0.39 is 0 Å². The van der Waals surface area contributed by atoms with Crippen molar-refractivity contribution in [3.63, 3.8) is 0 Å². The van der Waals surface area contributed by atoms with Gasteiger partial charge in [0.05, 0.1) is 6.54 Å². The highest BCUT2D eigenvalue weighted by Crippen LogP contribution is 2.14. The normalized spacial score (nSPS) is 10.8. The van der Waals surface area contributed by atoms with Crippen LogP contribution < -0.4 is 5.32 Å². The van der Waals surface area contributed by atoms with E-state index in [1.165, 1.54) is 12.1 Å². The number of aromatic nitrogens is 3. The number of benzene rings is 1. The van der Waals surface area contributed by atoms with Crippen LogP contribution in [0, 0.1) is 5.82 Å². The van der Waals surface area contributed by atoms with Crippen molar-refractivity contribution < 1.29 is 4.39 Å². The van der Waals surface area contributed by atoms with Crippen LogP contribution >= 0.6 is 11.6 Å². The Morgan fingerprint density at radius 2 is 2.24 bits per heavy atom. The van der Waals surface area contributed by atoms with E-state index in [9.17, 15) is 4.39 Å². The first-order chi connectivity index (χ1) is 8.15. The molecule has 0 aliphatic rings. The van der Waals surface area contributed by atoms with Crippen LogP contribution in [0.1, 0.15) is 11.4 Å². The molecular weight excluding hydrogens is 243 g/mol. The number of hydrogen-bond acceptors (Lipinski definition) is 3. The Labute approximate surface area is 103 Å². The van der Waals surface area contributed by atoms with E-state index in [2.05, 4.69) is 15.4 Å². The third kappa shape index (κ3) is 3.25. The lowest BCUT2D eigenvalue weighted by molar-refractivity contribution is 0.581. The zero-order valence-corrected chi connectivity index (χ0v) is 10.1. The number of nitrogens with zero attached hydrogens (tertiary/aromatic N) is 3. The molecule has 0 bridgehead atoms. The van der Waals surface area contributed by atoms with Gasteiger partial charge in [0, 0.05) is 24.2 Å². The fraction of sp³-hybridized carbons (Fsp3) is 0.273. The Bertz CT molecular complexity index is 512. The number of halogens is 2. The molecule has 0 amide bonds. The molecule has 2 rings (SSSR count). The van der Waals surface area contributed by atoms with Gasteiger partial charge in [-0.2, -0.15) is 5.10 Å². The predicted molar refractivity (Wildman–Crippen MR) is 63.0 cm³/mol. The highest BCUT2D eigenvalue weighted by Gasteiger charge is 2.03. The summed E-state index contributed by atoms with van der Waals surface area (Å²) in [6, 6.07) is 4.49. The molecule has 0 fully saturated rings. The van der Waals surface area contributed by atoms with Crippen molar-refractivity contribution in [2.24, 2.45) is 7.05 Å². The molecule has 1 heterocycles. The zero-order valence-electron chi connectivity index (χ0n) is 9.32. The van der Waals surface area contributed by atoms with Gasteiger partial charge in [0.25, 0.3) is 0 Å². The fourth-order valence-electron chi connectivity index (χ4n) is 1.45. The highest BCUT2D eigenvalue weighted by atomic mass is 35.5. The SMILES string of the molecule is Cn1cnc(CNCc2cc(Cl)ccc2F)n1. The van der Waals surface area contributed by atoms with Gasteiger partial charge in [0.2, 0.25) is 0 Å². The van der Waals surface area contributed by atoms with E-state index >= 15 is 0 Å². The van der Waals surface area contributed by atoms with Crippen LogP contribution in [0.25, 0.3) is 0 Å². The number of hydrogen-bond donors (Lipinski definition) is 1. The molecule has 0 unspecified atom stereocenters. The lowest BCUT2D eigenvalue weighted by atomic mass is 10.2. The molecule has 0 spiro atoms. The first-order valence-electron chi connectivity index (χ1n) is 5.14. The molecule has 17 heavy (non-hydrogen) atoms. The summed E-state index contributed by atoms with van der Waals surface area (Å²) >= 11 is 5.79. The van der Waals surface area contributed by atoms with Crippen molar-refractivity contribution in [1.82, 2.24) is 20.1 Å². The van der Waals surface area contributed by atoms with Crippen LogP contribution in [0.3, 0.4) is 0 Å². The molecular formula is C11H12ClFN4. The summed E-state index contributed by atoms with van der Waals surface area (Å²) in [5.41, 5.74) is 0.536. The monoisotopic (exact) mass is 254 g/mol. The smallest absolute Gasteiger partial charge is 0.164 e. The van der Waals surface area contributed by atoms with Gasteiger partial charge in [-0.15, -0.1) is 0 Å². The van der Waals surface area contributed by atoms with Crippen molar-refractivity contribution in [3.8, 4) is 0 Å². The van der Waals surface area contributed by atoms with Crippen molar-refractivity contribution in [1.29, 1.82) is 0 Å². The summed E-state index contributed by atoms with van der Waals surface area (Å²) in [6.07, 6.45) is 1.62. The van der Waals surface area contributed by atoms with Crippen molar-refractivity contribution in [2.75, 3.05) is 0 Å². The van der Waals surface area contributed by atoms with Crippen molar-refractivity contribution in [3.05, 3.63) is 46.8 Å². The van der Waals surface area contributed by atoms with Gasteiger partial charge in [0.1, 0.15) is 12.1 Å². The first kappa shape index (κ1) is 12.0. The summed E-state index contributed by atoms with van der Waals surface area (Å²) in [4.78, 5) is 4.06. The second-order valence-electron chi connectivity index (χ2n) is 3.67. The predicted octanol–water partition coefficient (Wildman–Crippen LogP) is 1.90. The average molecular weight is 255 g/mol. The molecule has 2 aromatic rings. The molecule has 0 aliphatic carbocycles. The Morgan fingerprint density at radius 3 is 2.94 bits per heavy atom. The minimum atomic E-state index is -0.268.